The zero-order valence-electron chi connectivity index (χ0n) is 5.92. The molecule has 1 heterocycles. The van der Waals surface area contributed by atoms with Gasteiger partial charge in [0, 0.05) is 18.8 Å². The van der Waals surface area contributed by atoms with Crippen molar-refractivity contribution in [2.45, 2.75) is 19.6 Å². The number of nitrogens with one attached hydrogen (secondary N) is 1. The van der Waals surface area contributed by atoms with E-state index in [2.05, 4.69) is 5.32 Å². The zero-order chi connectivity index (χ0) is 7.40. The molecule has 1 fully saturated rings. The summed E-state index contributed by atoms with van der Waals surface area (Å²) in [5.41, 5.74) is 0. The molecule has 10 heavy (non-hydrogen) atoms. The molecule has 0 aromatic rings. The quantitative estimate of drug-likeness (QED) is 0.643. The van der Waals surface area contributed by atoms with Crippen molar-refractivity contribution < 1.29 is 4.74 Å². The Hall–Kier alpha value is 0.200. The first-order chi connectivity index (χ1) is 4.83. The van der Waals surface area contributed by atoms with E-state index in [0.717, 1.165) is 23.1 Å². The Morgan fingerprint density at radius 2 is 2.70 bits per heavy atom. The van der Waals surface area contributed by atoms with Crippen LogP contribution in [0.5, 0.6) is 0 Å². The first-order valence-electron chi connectivity index (χ1n) is 3.38. The van der Waals surface area contributed by atoms with Gasteiger partial charge in [-0.05, 0) is 6.92 Å². The number of thiocarbonyl (C=S) groups is 1. The zero-order valence-corrected chi connectivity index (χ0v) is 7.56. The molecule has 1 atom stereocenters. The van der Waals surface area contributed by atoms with Crippen molar-refractivity contribution in [1.82, 2.24) is 5.32 Å². The lowest BCUT2D eigenvalue weighted by Crippen LogP contribution is -2.38. The van der Waals surface area contributed by atoms with Crippen LogP contribution in [0, 0.1) is 0 Å². The van der Waals surface area contributed by atoms with E-state index in [-0.39, 0.29) is 6.23 Å². The molecule has 0 saturated carbocycles. The fourth-order valence-corrected chi connectivity index (χ4v) is 1.94. The van der Waals surface area contributed by atoms with Gasteiger partial charge in [0.25, 0.3) is 0 Å². The predicted octanol–water partition coefficient (Wildman–Crippen LogP) is 1.36. The lowest BCUT2D eigenvalue weighted by Gasteiger charge is -2.23. The van der Waals surface area contributed by atoms with E-state index in [4.69, 9.17) is 17.0 Å². The van der Waals surface area contributed by atoms with Crippen LogP contribution in [0.2, 0.25) is 0 Å². The molecule has 2 nitrogen and oxygen atoms in total. The molecule has 4 heteroatoms. The Bertz CT molecular complexity index is 127. The highest BCUT2D eigenvalue weighted by Crippen LogP contribution is 2.13. The van der Waals surface area contributed by atoms with E-state index in [1.54, 1.807) is 11.8 Å². The number of hydrogen-bond donors (Lipinski definition) is 1. The second-order valence-electron chi connectivity index (χ2n) is 2.01. The van der Waals surface area contributed by atoms with E-state index in [9.17, 15) is 0 Å². The SMILES string of the molecule is CCO[C@H]1CCSC(=S)N1. The molecule has 1 N–H and O–H groups in total. The molecule has 0 aliphatic carbocycles. The molecular formula is C6H11NOS2. The molecule has 1 saturated heterocycles. The third kappa shape index (κ3) is 2.44. The minimum atomic E-state index is 0.166. The summed E-state index contributed by atoms with van der Waals surface area (Å²) >= 11 is 6.66. The lowest BCUT2D eigenvalue weighted by atomic mass is 10.4. The summed E-state index contributed by atoms with van der Waals surface area (Å²) in [6.07, 6.45) is 1.22. The van der Waals surface area contributed by atoms with Crippen LogP contribution in [0.4, 0.5) is 0 Å². The molecule has 0 amide bonds. The van der Waals surface area contributed by atoms with Gasteiger partial charge >= 0.3 is 0 Å². The lowest BCUT2D eigenvalue weighted by molar-refractivity contribution is 0.0508. The minimum absolute atomic E-state index is 0.166. The standard InChI is InChI=1S/C6H11NOS2/c1-2-8-5-3-4-10-6(9)7-5/h5H,2-4H2,1H3,(H,7,9)/t5-/m0/s1. The Labute approximate surface area is 70.7 Å². The molecule has 0 aromatic heterocycles. The molecule has 0 bridgehead atoms. The van der Waals surface area contributed by atoms with Crippen molar-refractivity contribution in [2.75, 3.05) is 12.4 Å². The fraction of sp³-hybridized carbons (Fsp3) is 0.833. The van der Waals surface area contributed by atoms with E-state index in [1.165, 1.54) is 0 Å². The van der Waals surface area contributed by atoms with Crippen LogP contribution in [0.25, 0.3) is 0 Å². The van der Waals surface area contributed by atoms with Gasteiger partial charge in [-0.1, -0.05) is 24.0 Å². The van der Waals surface area contributed by atoms with Crippen LogP contribution in [0.15, 0.2) is 0 Å². The number of hydrogen-bond acceptors (Lipinski definition) is 3. The van der Waals surface area contributed by atoms with E-state index in [0.29, 0.717) is 0 Å². The summed E-state index contributed by atoms with van der Waals surface area (Å²) in [7, 11) is 0. The highest BCUT2D eigenvalue weighted by Gasteiger charge is 2.14. The van der Waals surface area contributed by atoms with Crippen LogP contribution >= 0.6 is 24.0 Å². The minimum Gasteiger partial charge on any atom is -0.359 e. The number of ether oxygens (including phenoxy) is 1. The maximum absolute atomic E-state index is 5.34. The van der Waals surface area contributed by atoms with Gasteiger partial charge in [0.05, 0.1) is 0 Å². The Balaban J connectivity index is 2.25. The van der Waals surface area contributed by atoms with Gasteiger partial charge in [-0.25, -0.2) is 0 Å². The number of rotatable bonds is 2. The fourth-order valence-electron chi connectivity index (χ4n) is 0.830. The monoisotopic (exact) mass is 177 g/mol. The average molecular weight is 177 g/mol. The number of thioether (sulfide) groups is 1. The van der Waals surface area contributed by atoms with Crippen LogP contribution in [-0.2, 0) is 4.74 Å². The summed E-state index contributed by atoms with van der Waals surface area (Å²) in [6.45, 7) is 2.75. The molecular weight excluding hydrogens is 166 g/mol. The van der Waals surface area contributed by atoms with Crippen LogP contribution in [0.3, 0.4) is 0 Å². The molecule has 1 aliphatic heterocycles. The van der Waals surface area contributed by atoms with Crippen molar-refractivity contribution in [1.29, 1.82) is 0 Å². The van der Waals surface area contributed by atoms with Gasteiger partial charge < -0.3 is 10.1 Å². The highest BCUT2D eigenvalue weighted by molar-refractivity contribution is 8.23. The summed E-state index contributed by atoms with van der Waals surface area (Å²) in [4.78, 5) is 0. The summed E-state index contributed by atoms with van der Waals surface area (Å²) < 4.78 is 6.21. The molecule has 1 aliphatic rings. The van der Waals surface area contributed by atoms with Crippen LogP contribution < -0.4 is 5.32 Å². The average Bonchev–Trinajstić information content (AvgIpc) is 1.88. The van der Waals surface area contributed by atoms with Gasteiger partial charge in [-0.15, -0.1) is 0 Å². The van der Waals surface area contributed by atoms with E-state index in [1.807, 2.05) is 6.92 Å². The second-order valence-corrected chi connectivity index (χ2v) is 3.78. The van der Waals surface area contributed by atoms with Gasteiger partial charge in [0.15, 0.2) is 0 Å². The highest BCUT2D eigenvalue weighted by atomic mass is 32.2. The van der Waals surface area contributed by atoms with E-state index >= 15 is 0 Å². The maximum atomic E-state index is 5.34. The molecule has 1 rings (SSSR count). The maximum Gasteiger partial charge on any atom is 0.135 e. The molecule has 0 aromatic carbocycles. The Kier molecular flexibility index (Phi) is 3.45. The normalized spacial score (nSPS) is 26.1. The third-order valence-electron chi connectivity index (χ3n) is 1.26. The second kappa shape index (κ2) is 4.16. The molecule has 0 radical (unpaired) electrons. The smallest absolute Gasteiger partial charge is 0.135 e. The summed E-state index contributed by atoms with van der Waals surface area (Å²) in [5.74, 6) is 1.08. The first kappa shape index (κ1) is 8.30. The van der Waals surface area contributed by atoms with Crippen molar-refractivity contribution in [3.63, 3.8) is 0 Å². The Morgan fingerprint density at radius 1 is 1.90 bits per heavy atom. The van der Waals surface area contributed by atoms with Crippen LogP contribution in [0.1, 0.15) is 13.3 Å². The summed E-state index contributed by atoms with van der Waals surface area (Å²) in [6, 6.07) is 0. The topological polar surface area (TPSA) is 21.3 Å². The van der Waals surface area contributed by atoms with Gasteiger partial charge in [0.2, 0.25) is 0 Å². The largest absolute Gasteiger partial charge is 0.359 e. The van der Waals surface area contributed by atoms with Gasteiger partial charge in [0.1, 0.15) is 10.5 Å². The van der Waals surface area contributed by atoms with Gasteiger partial charge in [-0.2, -0.15) is 0 Å². The van der Waals surface area contributed by atoms with Crippen LogP contribution in [-0.4, -0.2) is 22.9 Å². The van der Waals surface area contributed by atoms with Gasteiger partial charge in [-0.3, -0.25) is 0 Å². The Morgan fingerprint density at radius 3 is 3.30 bits per heavy atom. The first-order valence-corrected chi connectivity index (χ1v) is 4.77. The molecule has 58 valence electrons. The molecule has 0 spiro atoms. The molecule has 0 unspecified atom stereocenters. The summed E-state index contributed by atoms with van der Waals surface area (Å²) in [5, 5.41) is 3.09. The van der Waals surface area contributed by atoms with Crippen molar-refractivity contribution in [3.05, 3.63) is 0 Å². The van der Waals surface area contributed by atoms with Crippen molar-refractivity contribution in [2.24, 2.45) is 0 Å². The predicted molar refractivity (Wildman–Crippen MR) is 48.2 cm³/mol. The third-order valence-corrected chi connectivity index (χ3v) is 2.55. The van der Waals surface area contributed by atoms with E-state index < -0.39 is 0 Å². The van der Waals surface area contributed by atoms with Crippen molar-refractivity contribution >= 4 is 28.3 Å². The van der Waals surface area contributed by atoms with Crippen molar-refractivity contribution in [3.8, 4) is 0 Å².